The Morgan fingerprint density at radius 3 is 1.49 bits per heavy atom. The number of nitrogens with one attached hydrogen (secondary N) is 4. The molecule has 0 fully saturated rings. The third-order valence-corrected chi connectivity index (χ3v) is 14.3. The second-order valence-electron chi connectivity index (χ2n) is 20.5. The zero-order chi connectivity index (χ0) is 58.0. The van der Waals surface area contributed by atoms with Crippen LogP contribution in [0.3, 0.4) is 0 Å². The van der Waals surface area contributed by atoms with Crippen molar-refractivity contribution < 1.29 is 57.3 Å². The number of quaternary nitrogens is 2. The number of rotatable bonds is 37. The fourth-order valence-electron chi connectivity index (χ4n) is 8.81. The first kappa shape index (κ1) is 65.5. The van der Waals surface area contributed by atoms with E-state index in [9.17, 15) is 29.4 Å². The van der Waals surface area contributed by atoms with Gasteiger partial charge in [0.15, 0.2) is 22.5 Å². The summed E-state index contributed by atoms with van der Waals surface area (Å²) in [6.45, 7) is 8.05. The quantitative estimate of drug-likeness (QED) is 0.0194. The maximum absolute atomic E-state index is 12.9. The molecule has 436 valence electrons. The van der Waals surface area contributed by atoms with Crippen LogP contribution in [0.5, 0.6) is 11.5 Å². The zero-order valence-electron chi connectivity index (χ0n) is 46.7. The maximum Gasteiger partial charge on any atom is 0.274 e. The molecule has 1 aromatic heterocycles. The van der Waals surface area contributed by atoms with E-state index in [-0.39, 0.29) is 93.2 Å². The van der Waals surface area contributed by atoms with E-state index in [1.165, 1.54) is 5.56 Å². The van der Waals surface area contributed by atoms with Crippen molar-refractivity contribution in [2.24, 2.45) is 0 Å². The van der Waals surface area contributed by atoms with Crippen LogP contribution >= 0.6 is 23.2 Å². The topological polar surface area (TPSA) is 303 Å². The molecule has 4 amide bonds. The number of nitrogens with zero attached hydrogens (tertiary/aromatic N) is 4. The van der Waals surface area contributed by atoms with Gasteiger partial charge in [0.05, 0.1) is 91.5 Å². The van der Waals surface area contributed by atoms with Crippen LogP contribution in [0, 0.1) is 0 Å². The van der Waals surface area contributed by atoms with E-state index in [2.05, 4.69) is 73.3 Å². The van der Waals surface area contributed by atoms with Gasteiger partial charge in [-0.2, -0.15) is 0 Å². The Hall–Kier alpha value is -6.04. The largest absolute Gasteiger partial charge is 0.845 e. The van der Waals surface area contributed by atoms with E-state index in [1.54, 1.807) is 18.2 Å². The van der Waals surface area contributed by atoms with Crippen molar-refractivity contribution in [2.45, 2.75) is 89.5 Å². The SMILES string of the molecule is CCC[C@@H](CNC(=O)c1ccc(N)c(Cl)c1)[N+](C)(C)CCCc1ccc(OCCOCCNC(=O)C([O-])C([O-])C(=O)NCCOCCOc2ccc(CCC[N+](C)(C)[C@@H](CCC)CNC(=O)c3nc(Cl)c(N)nc3N)cc2)cc1. The molecule has 3 aromatic carbocycles. The van der Waals surface area contributed by atoms with Crippen molar-refractivity contribution in [3.8, 4) is 11.5 Å². The van der Waals surface area contributed by atoms with Crippen LogP contribution in [0.1, 0.15) is 84.3 Å². The van der Waals surface area contributed by atoms with Crippen molar-refractivity contribution in [3.63, 3.8) is 0 Å². The third-order valence-electron chi connectivity index (χ3n) is 13.7. The van der Waals surface area contributed by atoms with Gasteiger partial charge in [-0.15, -0.1) is 0 Å². The average Bonchev–Trinajstić information content (AvgIpc) is 3.42. The van der Waals surface area contributed by atoms with Crippen LogP contribution < -0.4 is 58.2 Å². The summed E-state index contributed by atoms with van der Waals surface area (Å²) in [6, 6.07) is 21.0. The van der Waals surface area contributed by atoms with Crippen LogP contribution in [0.15, 0.2) is 66.7 Å². The number of carbonyl (C=O) groups excluding carboxylic acids is 4. The molecule has 79 heavy (non-hydrogen) atoms. The number of aryl methyl sites for hydroxylation is 2. The van der Waals surface area contributed by atoms with Gasteiger partial charge in [-0.05, 0) is 78.6 Å². The summed E-state index contributed by atoms with van der Waals surface area (Å²) in [5, 5.41) is 35.8. The minimum Gasteiger partial charge on any atom is -0.845 e. The lowest BCUT2D eigenvalue weighted by atomic mass is 10.1. The summed E-state index contributed by atoms with van der Waals surface area (Å²) in [5.41, 5.74) is 20.5. The zero-order valence-corrected chi connectivity index (χ0v) is 48.2. The highest BCUT2D eigenvalue weighted by Gasteiger charge is 2.30. The van der Waals surface area contributed by atoms with Crippen LogP contribution in [-0.4, -0.2) is 174 Å². The number of amides is 4. The van der Waals surface area contributed by atoms with Crippen molar-refractivity contribution in [3.05, 3.63) is 99.3 Å². The van der Waals surface area contributed by atoms with E-state index in [1.807, 2.05) is 48.5 Å². The number of carbonyl (C=O) groups is 4. The van der Waals surface area contributed by atoms with Crippen molar-refractivity contribution in [1.82, 2.24) is 31.2 Å². The van der Waals surface area contributed by atoms with Gasteiger partial charge < -0.3 is 76.6 Å². The normalized spacial score (nSPS) is 13.2. The Kier molecular flexibility index (Phi) is 27.8. The first-order valence-corrected chi connectivity index (χ1v) is 27.7. The Morgan fingerprint density at radius 2 is 1.05 bits per heavy atom. The number of hydrogen-bond acceptors (Lipinski definition) is 15. The van der Waals surface area contributed by atoms with E-state index < -0.39 is 29.9 Å². The summed E-state index contributed by atoms with van der Waals surface area (Å²) in [6.07, 6.45) is 2.75. The Balaban J connectivity index is 1.00. The molecular weight excluding hydrogens is 1060 g/mol. The van der Waals surface area contributed by atoms with Gasteiger partial charge in [0.25, 0.3) is 11.8 Å². The molecule has 0 saturated carbocycles. The number of nitrogens with two attached hydrogens (primary N) is 3. The summed E-state index contributed by atoms with van der Waals surface area (Å²) in [7, 11) is 8.71. The predicted molar refractivity (Wildman–Crippen MR) is 303 cm³/mol. The molecule has 0 radical (unpaired) electrons. The Bertz CT molecular complexity index is 2530. The summed E-state index contributed by atoms with van der Waals surface area (Å²) >= 11 is 12.1. The van der Waals surface area contributed by atoms with Gasteiger partial charge in [0, 0.05) is 44.3 Å². The molecule has 23 heteroatoms. The van der Waals surface area contributed by atoms with E-state index in [4.69, 9.17) is 59.4 Å². The van der Waals surface area contributed by atoms with Gasteiger partial charge in [0.1, 0.15) is 36.8 Å². The maximum atomic E-state index is 12.9. The van der Waals surface area contributed by atoms with Crippen LogP contribution in [0.4, 0.5) is 17.3 Å². The molecule has 4 rings (SSSR count). The monoisotopic (exact) mass is 1140 g/mol. The summed E-state index contributed by atoms with van der Waals surface area (Å²) in [4.78, 5) is 58.2. The lowest BCUT2D eigenvalue weighted by molar-refractivity contribution is -0.914. The molecule has 4 aromatic rings. The van der Waals surface area contributed by atoms with Crippen molar-refractivity contribution >= 4 is 64.2 Å². The second kappa shape index (κ2) is 33.5. The molecule has 0 saturated heterocycles. The van der Waals surface area contributed by atoms with Gasteiger partial charge in [0.2, 0.25) is 11.8 Å². The molecule has 0 spiro atoms. The average molecular weight is 1140 g/mol. The molecule has 0 aliphatic heterocycles. The smallest absolute Gasteiger partial charge is 0.274 e. The van der Waals surface area contributed by atoms with Gasteiger partial charge in [-0.25, -0.2) is 9.97 Å². The summed E-state index contributed by atoms with van der Waals surface area (Å²) < 4.78 is 24.1. The molecule has 0 aliphatic carbocycles. The van der Waals surface area contributed by atoms with Crippen LogP contribution in [-0.2, 0) is 31.9 Å². The molecular formula is C56H83Cl2N11O10. The molecule has 10 N–H and O–H groups in total. The number of nitrogen functional groups attached to an aromatic ring is 3. The number of halogens is 2. The molecule has 21 nitrogen and oxygen atoms in total. The van der Waals surface area contributed by atoms with Gasteiger partial charge in [-0.3, -0.25) is 19.2 Å². The molecule has 0 bridgehead atoms. The Morgan fingerprint density at radius 1 is 0.595 bits per heavy atom. The van der Waals surface area contributed by atoms with Gasteiger partial charge >= 0.3 is 0 Å². The van der Waals surface area contributed by atoms with Gasteiger partial charge in [-0.1, -0.05) is 74.2 Å². The predicted octanol–water partition coefficient (Wildman–Crippen LogP) is 2.93. The van der Waals surface area contributed by atoms with E-state index in [0.717, 1.165) is 74.5 Å². The lowest BCUT2D eigenvalue weighted by Gasteiger charge is -2.38. The Labute approximate surface area is 475 Å². The standard InChI is InChI=1S/C56H83Cl2N11O10/c1-7-11-41(36-64-53(72)40-19-24-46(59)45(57)35-40)68(3,4)27-9-13-38-15-20-43(21-16-38)78-33-31-76-29-25-62-55(74)48(70)49(71)56(75)63-26-30-77-32-34-79-44-22-17-39(18-23-44)14-10-28-69(5,6)42(12-8-2)37-65-54(73)47-51(60)67-52(61)50(58)66-47/h15-24,35,41-42,48-49H,7-14,25-34,36-37,59H2,1-6H3,(H,62,74)(H,63,75)(H,64,72)(H,65,73)(H4,60,61,67)/t41-,42-,48?,49?/m0/s1. The van der Waals surface area contributed by atoms with E-state index >= 15 is 0 Å². The number of aromatic nitrogens is 2. The highest BCUT2D eigenvalue weighted by molar-refractivity contribution is 6.33. The number of ether oxygens (including phenoxy) is 4. The third kappa shape index (κ3) is 22.6. The molecule has 4 atom stereocenters. The molecule has 1 heterocycles. The molecule has 0 aliphatic rings. The highest BCUT2D eigenvalue weighted by atomic mass is 35.5. The number of likely N-dealkylation sites (N-methyl/N-ethyl adjacent to an activating group) is 2. The first-order chi connectivity index (χ1) is 37.6. The minimum atomic E-state index is -2.34. The highest BCUT2D eigenvalue weighted by Crippen LogP contribution is 2.22. The fourth-order valence-corrected chi connectivity index (χ4v) is 9.12. The lowest BCUT2D eigenvalue weighted by Crippen LogP contribution is -2.61. The molecule has 2 unspecified atom stereocenters. The number of anilines is 3. The van der Waals surface area contributed by atoms with Crippen molar-refractivity contribution in [1.29, 1.82) is 0 Å². The van der Waals surface area contributed by atoms with Crippen LogP contribution in [0.25, 0.3) is 0 Å². The summed E-state index contributed by atoms with van der Waals surface area (Å²) in [5.74, 6) is -1.57. The minimum absolute atomic E-state index is 0.0237. The van der Waals surface area contributed by atoms with E-state index in [0.29, 0.717) is 45.3 Å². The first-order valence-electron chi connectivity index (χ1n) is 27.0. The number of hydrogen-bond donors (Lipinski definition) is 7. The second-order valence-corrected chi connectivity index (χ2v) is 21.3. The van der Waals surface area contributed by atoms with Crippen LogP contribution in [0.2, 0.25) is 10.2 Å². The fraction of sp³-hybridized carbons (Fsp3) is 0.536. The van der Waals surface area contributed by atoms with Crippen molar-refractivity contribution in [2.75, 3.05) is 124 Å². The number of benzene rings is 3.